The van der Waals surface area contributed by atoms with Crippen molar-refractivity contribution < 1.29 is 14.4 Å². The lowest BCUT2D eigenvalue weighted by Crippen LogP contribution is -2.65. The molecule has 2 atom stereocenters. The third kappa shape index (κ3) is 3.61. The number of aliphatic carboxylic acids is 1. The van der Waals surface area contributed by atoms with E-state index in [0.29, 0.717) is 4.48 Å². The zero-order chi connectivity index (χ0) is 23.0. The van der Waals surface area contributed by atoms with Gasteiger partial charge in [0.25, 0.3) is 0 Å². The topological polar surface area (TPSA) is 37.3 Å². The first kappa shape index (κ1) is 22.8. The Labute approximate surface area is 193 Å². The molecule has 1 aliphatic heterocycles. The molecule has 170 valence electrons. The zero-order valence-corrected chi connectivity index (χ0v) is 19.9. The van der Waals surface area contributed by atoms with E-state index in [0.717, 1.165) is 51.6 Å². The quantitative estimate of drug-likeness (QED) is 0.456. The molecule has 32 heavy (non-hydrogen) atoms. The molecule has 0 amide bonds. The number of carbonyl (C=O) groups is 1. The third-order valence-electron chi connectivity index (χ3n) is 8.41. The Bertz CT molecular complexity index is 955. The summed E-state index contributed by atoms with van der Waals surface area (Å²) in [7, 11) is 0. The molecular formula is C29H38NO2+. The van der Waals surface area contributed by atoms with E-state index in [1.807, 2.05) is 0 Å². The van der Waals surface area contributed by atoms with E-state index < -0.39 is 5.97 Å². The highest BCUT2D eigenvalue weighted by Crippen LogP contribution is 2.47. The molecule has 2 unspecified atom stereocenters. The van der Waals surface area contributed by atoms with Crippen molar-refractivity contribution in [2.45, 2.75) is 76.3 Å². The molecule has 1 aliphatic carbocycles. The van der Waals surface area contributed by atoms with Gasteiger partial charge in [0.1, 0.15) is 0 Å². The van der Waals surface area contributed by atoms with Gasteiger partial charge in [-0.15, -0.1) is 6.58 Å². The minimum atomic E-state index is -0.642. The van der Waals surface area contributed by atoms with Gasteiger partial charge in [-0.05, 0) is 62.3 Å². The van der Waals surface area contributed by atoms with E-state index >= 15 is 0 Å². The van der Waals surface area contributed by atoms with Gasteiger partial charge in [-0.2, -0.15) is 0 Å². The second-order valence-electron chi connectivity index (χ2n) is 10.8. The highest BCUT2D eigenvalue weighted by atomic mass is 16.4. The van der Waals surface area contributed by atoms with Gasteiger partial charge < -0.3 is 9.59 Å². The summed E-state index contributed by atoms with van der Waals surface area (Å²) in [5.74, 6) is -0.642. The summed E-state index contributed by atoms with van der Waals surface area (Å²) in [5.41, 5.74) is 5.35. The van der Waals surface area contributed by atoms with Crippen molar-refractivity contribution in [1.82, 2.24) is 0 Å². The molecule has 0 radical (unpaired) electrons. The Morgan fingerprint density at radius 3 is 2.16 bits per heavy atom. The van der Waals surface area contributed by atoms with Gasteiger partial charge in [0.15, 0.2) is 6.04 Å². The second-order valence-corrected chi connectivity index (χ2v) is 10.8. The van der Waals surface area contributed by atoms with Gasteiger partial charge >= 0.3 is 5.97 Å². The maximum atomic E-state index is 12.3. The molecule has 1 fully saturated rings. The Hall–Kier alpha value is -2.39. The minimum Gasteiger partial charge on any atom is -0.477 e. The number of aryl methyl sites for hydroxylation is 2. The number of carboxylic acid groups (broad SMARTS) is 1. The summed E-state index contributed by atoms with van der Waals surface area (Å²) >= 11 is 0. The van der Waals surface area contributed by atoms with Gasteiger partial charge in [-0.3, -0.25) is 0 Å². The van der Waals surface area contributed by atoms with E-state index in [4.69, 9.17) is 0 Å². The molecule has 2 aromatic carbocycles. The van der Waals surface area contributed by atoms with Crippen molar-refractivity contribution in [1.29, 1.82) is 0 Å². The van der Waals surface area contributed by atoms with Crippen LogP contribution >= 0.6 is 0 Å². The van der Waals surface area contributed by atoms with E-state index in [2.05, 4.69) is 82.0 Å². The van der Waals surface area contributed by atoms with E-state index in [1.54, 1.807) is 0 Å². The maximum Gasteiger partial charge on any atom is 0.362 e. The summed E-state index contributed by atoms with van der Waals surface area (Å²) in [6, 6.07) is 17.5. The van der Waals surface area contributed by atoms with Crippen LogP contribution in [0.25, 0.3) is 0 Å². The molecule has 1 saturated heterocycles. The number of carboxylic acids is 1. The monoisotopic (exact) mass is 432 g/mol. The van der Waals surface area contributed by atoms with Crippen molar-refractivity contribution in [2.24, 2.45) is 0 Å². The molecular weight excluding hydrogens is 394 g/mol. The van der Waals surface area contributed by atoms with Crippen LogP contribution in [0.2, 0.25) is 0 Å². The van der Waals surface area contributed by atoms with Crippen LogP contribution in [-0.2, 0) is 23.1 Å². The van der Waals surface area contributed by atoms with Gasteiger partial charge in [0.05, 0.1) is 18.6 Å². The number of allylic oxidation sites excluding steroid dienone is 1. The lowest BCUT2D eigenvalue weighted by atomic mass is 9.67. The van der Waals surface area contributed by atoms with Crippen LogP contribution in [0.1, 0.15) is 68.7 Å². The van der Waals surface area contributed by atoms with Crippen molar-refractivity contribution >= 4 is 5.97 Å². The van der Waals surface area contributed by atoms with Gasteiger partial charge in [-0.25, -0.2) is 4.79 Å². The van der Waals surface area contributed by atoms with Crippen LogP contribution in [0.15, 0.2) is 61.2 Å². The smallest absolute Gasteiger partial charge is 0.362 e. The number of hydrogen-bond acceptors (Lipinski definition) is 1. The number of benzene rings is 2. The molecule has 0 aromatic heterocycles. The first-order valence-corrected chi connectivity index (χ1v) is 12.1. The van der Waals surface area contributed by atoms with Crippen LogP contribution in [0.4, 0.5) is 0 Å². The molecule has 4 rings (SSSR count). The largest absolute Gasteiger partial charge is 0.477 e. The summed E-state index contributed by atoms with van der Waals surface area (Å²) in [5, 5.41) is 10.1. The average molecular weight is 433 g/mol. The van der Waals surface area contributed by atoms with Crippen LogP contribution in [-0.4, -0.2) is 40.2 Å². The predicted octanol–water partition coefficient (Wildman–Crippen LogP) is 5.90. The van der Waals surface area contributed by atoms with Crippen LogP contribution in [0, 0.1) is 0 Å². The lowest BCUT2D eigenvalue weighted by molar-refractivity contribution is -0.974. The van der Waals surface area contributed by atoms with Crippen molar-refractivity contribution in [3.8, 4) is 0 Å². The molecule has 0 saturated carbocycles. The summed E-state index contributed by atoms with van der Waals surface area (Å²) in [6.07, 6.45) is 7.70. The number of rotatable bonds is 6. The fourth-order valence-electron chi connectivity index (χ4n) is 6.76. The average Bonchev–Trinajstić information content (AvgIpc) is 3.16. The van der Waals surface area contributed by atoms with Gasteiger partial charge in [-0.1, -0.05) is 54.6 Å². The van der Waals surface area contributed by atoms with Crippen molar-refractivity contribution in [3.05, 3.63) is 83.4 Å². The van der Waals surface area contributed by atoms with E-state index in [9.17, 15) is 9.90 Å². The Balaban J connectivity index is 1.86. The molecule has 1 N–H and O–H groups in total. The molecule has 0 spiro atoms. The number of likely N-dealkylation sites (tertiary alicyclic amines) is 1. The van der Waals surface area contributed by atoms with E-state index in [1.165, 1.54) is 22.3 Å². The van der Waals surface area contributed by atoms with Gasteiger partial charge in [0, 0.05) is 24.7 Å². The van der Waals surface area contributed by atoms with Crippen molar-refractivity contribution in [3.63, 3.8) is 0 Å². The Morgan fingerprint density at radius 2 is 1.66 bits per heavy atom. The SMILES string of the molecule is C=CCC1(CC[N+]2(C(C)(C)C)CCCC2C(=O)O)c2ccccc2CCc2ccccc21. The standard InChI is InChI=1S/C29H37NO2/c1-5-18-29(19-21-30(28(2,3)4)20-10-15-26(30)27(31)32)24-13-8-6-11-22(24)16-17-23-12-7-9-14-25(23)29/h5-9,11-14,26H,1,10,15-21H2,2-4H3/p+1. The lowest BCUT2D eigenvalue weighted by Gasteiger charge is -2.50. The van der Waals surface area contributed by atoms with Crippen LogP contribution in [0.3, 0.4) is 0 Å². The summed E-state index contributed by atoms with van der Waals surface area (Å²) in [4.78, 5) is 12.3. The number of nitrogens with zero attached hydrogens (tertiary/aromatic N) is 1. The Morgan fingerprint density at radius 1 is 1.09 bits per heavy atom. The highest BCUT2D eigenvalue weighted by molar-refractivity contribution is 5.72. The normalized spacial score (nSPS) is 24.3. The number of fused-ring (bicyclic) bond motifs is 2. The number of hydrogen-bond donors (Lipinski definition) is 1. The molecule has 0 bridgehead atoms. The fourth-order valence-corrected chi connectivity index (χ4v) is 6.76. The van der Waals surface area contributed by atoms with Gasteiger partial charge in [0.2, 0.25) is 0 Å². The second kappa shape index (κ2) is 8.51. The summed E-state index contributed by atoms with van der Waals surface area (Å²) in [6.45, 7) is 12.6. The molecule has 2 aromatic rings. The fraction of sp³-hybridized carbons (Fsp3) is 0.483. The van der Waals surface area contributed by atoms with E-state index in [-0.39, 0.29) is 17.0 Å². The first-order chi connectivity index (χ1) is 15.2. The summed E-state index contributed by atoms with van der Waals surface area (Å²) < 4.78 is 0.658. The molecule has 3 nitrogen and oxygen atoms in total. The molecule has 2 aliphatic rings. The highest BCUT2D eigenvalue weighted by Gasteiger charge is 2.54. The first-order valence-electron chi connectivity index (χ1n) is 12.1. The molecule has 1 heterocycles. The predicted molar refractivity (Wildman–Crippen MR) is 131 cm³/mol. The maximum absolute atomic E-state index is 12.3. The van der Waals surface area contributed by atoms with Crippen molar-refractivity contribution in [2.75, 3.05) is 13.1 Å². The van der Waals surface area contributed by atoms with Crippen LogP contribution < -0.4 is 0 Å². The zero-order valence-electron chi connectivity index (χ0n) is 19.9. The van der Waals surface area contributed by atoms with Crippen LogP contribution in [0.5, 0.6) is 0 Å². The molecule has 3 heteroatoms. The Kier molecular flexibility index (Phi) is 6.06. The number of quaternary nitrogens is 1. The minimum absolute atomic E-state index is 0.126. The third-order valence-corrected chi connectivity index (χ3v) is 8.41.